The molecule has 1 saturated carbocycles. The Morgan fingerprint density at radius 1 is 1.50 bits per heavy atom. The standard InChI is InChI=1S/C9H17O/c1-9(7-8-10)5-3-2-4-6-9/h5,10H,2-4,6-8H2,1H3/q+1/t9-/m1/s1. The highest BCUT2D eigenvalue weighted by atomic mass is 16.3. The predicted molar refractivity (Wildman–Crippen MR) is 42.6 cm³/mol. The Bertz CT molecular complexity index is 87.4. The second kappa shape index (κ2) is 3.29. The van der Waals surface area contributed by atoms with Gasteiger partial charge in [0, 0.05) is 13.0 Å². The van der Waals surface area contributed by atoms with Crippen molar-refractivity contribution in [1.82, 2.24) is 0 Å². The van der Waals surface area contributed by atoms with Crippen LogP contribution in [0.25, 0.3) is 0 Å². The first-order valence-corrected chi connectivity index (χ1v) is 4.22. The maximum Gasteiger partial charge on any atom is 0.107 e. The zero-order valence-corrected chi connectivity index (χ0v) is 6.77. The molecule has 1 heteroatoms. The van der Waals surface area contributed by atoms with Gasteiger partial charge in [-0.25, -0.2) is 0 Å². The predicted octanol–water partition coefficient (Wildman–Crippen LogP) is 2.15. The average Bonchev–Trinajstić information content (AvgIpc) is 1.89. The monoisotopic (exact) mass is 141 g/mol. The zero-order valence-electron chi connectivity index (χ0n) is 6.77. The van der Waals surface area contributed by atoms with E-state index in [0.29, 0.717) is 12.0 Å². The molecular formula is C9H17O+. The molecule has 0 aromatic rings. The first-order chi connectivity index (χ1) is 4.77. The lowest BCUT2D eigenvalue weighted by atomic mass is 9.74. The van der Waals surface area contributed by atoms with Gasteiger partial charge in [0.2, 0.25) is 0 Å². The van der Waals surface area contributed by atoms with Crippen molar-refractivity contribution in [2.75, 3.05) is 6.61 Å². The van der Waals surface area contributed by atoms with E-state index in [2.05, 4.69) is 13.3 Å². The fourth-order valence-electron chi connectivity index (χ4n) is 1.71. The van der Waals surface area contributed by atoms with Gasteiger partial charge < -0.3 is 5.11 Å². The maximum absolute atomic E-state index is 8.76. The molecule has 0 aliphatic heterocycles. The molecule has 10 heavy (non-hydrogen) atoms. The van der Waals surface area contributed by atoms with Crippen molar-refractivity contribution in [3.63, 3.8) is 0 Å². The summed E-state index contributed by atoms with van der Waals surface area (Å²) in [5.74, 6) is 0. The molecule has 0 bridgehead atoms. The molecule has 1 rings (SSSR count). The molecule has 0 heterocycles. The minimum atomic E-state index is 0.340. The van der Waals surface area contributed by atoms with Gasteiger partial charge in [0.15, 0.2) is 0 Å². The van der Waals surface area contributed by atoms with Crippen molar-refractivity contribution in [1.29, 1.82) is 0 Å². The molecule has 1 N–H and O–H groups in total. The third kappa shape index (κ3) is 1.91. The molecule has 0 saturated heterocycles. The van der Waals surface area contributed by atoms with Gasteiger partial charge in [0.1, 0.15) is 5.41 Å². The van der Waals surface area contributed by atoms with Crippen LogP contribution >= 0.6 is 0 Å². The van der Waals surface area contributed by atoms with Crippen LogP contribution < -0.4 is 0 Å². The summed E-state index contributed by atoms with van der Waals surface area (Å²) >= 11 is 0. The first-order valence-electron chi connectivity index (χ1n) is 4.22. The first kappa shape index (κ1) is 7.93. The van der Waals surface area contributed by atoms with Crippen molar-refractivity contribution >= 4 is 0 Å². The second-order valence-corrected chi connectivity index (χ2v) is 3.58. The molecule has 0 unspecified atom stereocenters. The Hall–Kier alpha value is -0.170. The third-order valence-corrected chi connectivity index (χ3v) is 2.52. The van der Waals surface area contributed by atoms with E-state index in [4.69, 9.17) is 5.11 Å². The van der Waals surface area contributed by atoms with Crippen LogP contribution in [0.5, 0.6) is 0 Å². The summed E-state index contributed by atoms with van der Waals surface area (Å²) in [6, 6.07) is 0. The minimum Gasteiger partial charge on any atom is -0.396 e. The van der Waals surface area contributed by atoms with Crippen molar-refractivity contribution in [3.05, 3.63) is 6.42 Å². The van der Waals surface area contributed by atoms with Crippen LogP contribution in [0, 0.1) is 11.8 Å². The maximum atomic E-state index is 8.76. The molecular weight excluding hydrogens is 124 g/mol. The van der Waals surface area contributed by atoms with E-state index in [1.54, 1.807) is 0 Å². The molecule has 58 valence electrons. The van der Waals surface area contributed by atoms with Gasteiger partial charge in [-0.05, 0) is 26.2 Å². The van der Waals surface area contributed by atoms with Gasteiger partial charge in [-0.3, -0.25) is 0 Å². The Morgan fingerprint density at radius 2 is 2.30 bits per heavy atom. The van der Waals surface area contributed by atoms with E-state index >= 15 is 0 Å². The fraction of sp³-hybridized carbons (Fsp3) is 0.889. The Morgan fingerprint density at radius 3 is 2.80 bits per heavy atom. The quantitative estimate of drug-likeness (QED) is 0.584. The Kier molecular flexibility index (Phi) is 2.61. The SMILES string of the molecule is C[C@@]1(CCO)[CH+]CCCC1. The van der Waals surface area contributed by atoms with Crippen LogP contribution in [0.2, 0.25) is 0 Å². The molecule has 1 atom stereocenters. The average molecular weight is 141 g/mol. The molecule has 0 spiro atoms. The summed E-state index contributed by atoms with van der Waals surface area (Å²) < 4.78 is 0. The van der Waals surface area contributed by atoms with Gasteiger partial charge in [0.25, 0.3) is 0 Å². The van der Waals surface area contributed by atoms with Gasteiger partial charge >= 0.3 is 0 Å². The summed E-state index contributed by atoms with van der Waals surface area (Å²) in [6.45, 7) is 2.59. The van der Waals surface area contributed by atoms with E-state index in [-0.39, 0.29) is 0 Å². The number of rotatable bonds is 2. The van der Waals surface area contributed by atoms with Crippen LogP contribution in [0.4, 0.5) is 0 Å². The summed E-state index contributed by atoms with van der Waals surface area (Å²) in [6.07, 6.45) is 8.54. The second-order valence-electron chi connectivity index (χ2n) is 3.58. The van der Waals surface area contributed by atoms with E-state index in [1.165, 1.54) is 25.7 Å². The lowest BCUT2D eigenvalue weighted by Crippen LogP contribution is -2.21. The molecule has 0 radical (unpaired) electrons. The number of hydrogen-bond acceptors (Lipinski definition) is 1. The summed E-state index contributed by atoms with van der Waals surface area (Å²) in [5, 5.41) is 8.76. The van der Waals surface area contributed by atoms with Gasteiger partial charge in [0.05, 0.1) is 12.8 Å². The summed E-state index contributed by atoms with van der Waals surface area (Å²) in [7, 11) is 0. The lowest BCUT2D eigenvalue weighted by molar-refractivity contribution is 0.192. The molecule has 0 aromatic heterocycles. The fourth-order valence-corrected chi connectivity index (χ4v) is 1.71. The van der Waals surface area contributed by atoms with E-state index < -0.39 is 0 Å². The topological polar surface area (TPSA) is 20.2 Å². The van der Waals surface area contributed by atoms with Crippen LogP contribution in [0.15, 0.2) is 0 Å². The van der Waals surface area contributed by atoms with E-state index in [1.807, 2.05) is 0 Å². The summed E-state index contributed by atoms with van der Waals surface area (Å²) in [5.41, 5.74) is 0.354. The number of aliphatic hydroxyl groups excluding tert-OH is 1. The van der Waals surface area contributed by atoms with Crippen molar-refractivity contribution in [3.8, 4) is 0 Å². The Balaban J connectivity index is 2.32. The molecule has 1 aliphatic carbocycles. The van der Waals surface area contributed by atoms with Gasteiger partial charge in [-0.15, -0.1) is 0 Å². The number of hydrogen-bond donors (Lipinski definition) is 1. The zero-order chi connectivity index (χ0) is 7.45. The van der Waals surface area contributed by atoms with Gasteiger partial charge in [-0.1, -0.05) is 0 Å². The molecule has 1 nitrogen and oxygen atoms in total. The molecule has 0 aromatic carbocycles. The smallest absolute Gasteiger partial charge is 0.107 e. The van der Waals surface area contributed by atoms with Crippen molar-refractivity contribution < 1.29 is 5.11 Å². The minimum absolute atomic E-state index is 0.340. The van der Waals surface area contributed by atoms with Crippen molar-refractivity contribution in [2.24, 2.45) is 5.41 Å². The highest BCUT2D eigenvalue weighted by Crippen LogP contribution is 2.37. The molecule has 1 fully saturated rings. The highest BCUT2D eigenvalue weighted by molar-refractivity contribution is 4.91. The van der Waals surface area contributed by atoms with Crippen LogP contribution in [-0.4, -0.2) is 11.7 Å². The largest absolute Gasteiger partial charge is 0.396 e. The third-order valence-electron chi connectivity index (χ3n) is 2.52. The van der Waals surface area contributed by atoms with E-state index in [0.717, 1.165) is 6.42 Å². The van der Waals surface area contributed by atoms with Crippen molar-refractivity contribution in [2.45, 2.75) is 39.0 Å². The Labute approximate surface area is 63.4 Å². The van der Waals surface area contributed by atoms with E-state index in [9.17, 15) is 0 Å². The van der Waals surface area contributed by atoms with Crippen LogP contribution in [0.1, 0.15) is 39.0 Å². The highest BCUT2D eigenvalue weighted by Gasteiger charge is 2.34. The molecule has 1 aliphatic rings. The van der Waals surface area contributed by atoms with Crippen LogP contribution in [-0.2, 0) is 0 Å². The number of aliphatic hydroxyl groups is 1. The molecule has 0 amide bonds. The normalized spacial score (nSPS) is 33.4. The van der Waals surface area contributed by atoms with Gasteiger partial charge in [-0.2, -0.15) is 0 Å². The van der Waals surface area contributed by atoms with Crippen LogP contribution in [0.3, 0.4) is 0 Å². The summed E-state index contributed by atoms with van der Waals surface area (Å²) in [4.78, 5) is 0. The lowest BCUT2D eigenvalue weighted by Gasteiger charge is -2.24.